The maximum Gasteiger partial charge on any atom is 0.0449 e. The Bertz CT molecular complexity index is 394. The zero-order chi connectivity index (χ0) is 13.7. The number of aryl methyl sites for hydroxylation is 2. The molecule has 0 aliphatic carbocycles. The van der Waals surface area contributed by atoms with Crippen molar-refractivity contribution in [1.82, 2.24) is 10.2 Å². The van der Waals surface area contributed by atoms with Gasteiger partial charge in [-0.3, -0.25) is 0 Å². The fourth-order valence-electron chi connectivity index (χ4n) is 2.81. The molecule has 1 fully saturated rings. The van der Waals surface area contributed by atoms with Crippen molar-refractivity contribution in [2.24, 2.45) is 0 Å². The van der Waals surface area contributed by atoms with E-state index in [0.29, 0.717) is 6.04 Å². The largest absolute Gasteiger partial charge is 0.309 e. The second-order valence-electron chi connectivity index (χ2n) is 5.86. The Morgan fingerprint density at radius 2 is 1.89 bits per heavy atom. The summed E-state index contributed by atoms with van der Waals surface area (Å²) in [5.41, 5.74) is 4.24. The summed E-state index contributed by atoms with van der Waals surface area (Å²) in [7, 11) is 0. The molecule has 1 aliphatic heterocycles. The second kappa shape index (κ2) is 7.06. The number of nitrogens with zero attached hydrogens (tertiary/aromatic N) is 1. The molecule has 1 aromatic carbocycles. The Hall–Kier alpha value is -0.860. The van der Waals surface area contributed by atoms with Crippen LogP contribution in [0.3, 0.4) is 0 Å². The predicted octanol–water partition coefficient (Wildman–Crippen LogP) is 3.44. The Morgan fingerprint density at radius 3 is 2.53 bits per heavy atom. The molecule has 0 bridgehead atoms. The summed E-state index contributed by atoms with van der Waals surface area (Å²) >= 11 is 0. The standard InChI is InChI=1S/C17H28N2/c1-4-9-18-17(13-19-10-5-6-11-19)16-8-7-14(2)15(3)12-16/h7-8,12,17-18H,4-6,9-11,13H2,1-3H3. The first kappa shape index (κ1) is 14.5. The molecule has 0 spiro atoms. The lowest BCUT2D eigenvalue weighted by Gasteiger charge is -2.25. The van der Waals surface area contributed by atoms with Crippen molar-refractivity contribution >= 4 is 0 Å². The van der Waals surface area contributed by atoms with Crippen LogP contribution in [0.15, 0.2) is 18.2 Å². The number of rotatable bonds is 6. The summed E-state index contributed by atoms with van der Waals surface area (Å²) in [4.78, 5) is 2.60. The minimum Gasteiger partial charge on any atom is -0.309 e. The third kappa shape index (κ3) is 4.05. The molecule has 106 valence electrons. The van der Waals surface area contributed by atoms with Gasteiger partial charge in [0.25, 0.3) is 0 Å². The first-order valence-corrected chi connectivity index (χ1v) is 7.73. The van der Waals surface area contributed by atoms with E-state index < -0.39 is 0 Å². The molecule has 0 radical (unpaired) electrons. The van der Waals surface area contributed by atoms with Crippen LogP contribution in [0.25, 0.3) is 0 Å². The van der Waals surface area contributed by atoms with E-state index in [4.69, 9.17) is 0 Å². The van der Waals surface area contributed by atoms with Gasteiger partial charge in [-0.25, -0.2) is 0 Å². The topological polar surface area (TPSA) is 15.3 Å². The number of hydrogen-bond acceptors (Lipinski definition) is 2. The van der Waals surface area contributed by atoms with Gasteiger partial charge in [-0.15, -0.1) is 0 Å². The van der Waals surface area contributed by atoms with Crippen LogP contribution in [0.1, 0.15) is 48.9 Å². The summed E-state index contributed by atoms with van der Waals surface area (Å²) in [6, 6.07) is 7.40. The second-order valence-corrected chi connectivity index (χ2v) is 5.86. The summed E-state index contributed by atoms with van der Waals surface area (Å²) < 4.78 is 0. The van der Waals surface area contributed by atoms with Crippen LogP contribution < -0.4 is 5.32 Å². The first-order valence-electron chi connectivity index (χ1n) is 7.73. The lowest BCUT2D eigenvalue weighted by atomic mass is 10.0. The highest BCUT2D eigenvalue weighted by atomic mass is 15.2. The first-order chi connectivity index (χ1) is 9.20. The van der Waals surface area contributed by atoms with Crippen LogP contribution in [0, 0.1) is 13.8 Å². The van der Waals surface area contributed by atoms with Crippen molar-refractivity contribution in [3.05, 3.63) is 34.9 Å². The molecule has 1 saturated heterocycles. The van der Waals surface area contributed by atoms with E-state index in [-0.39, 0.29) is 0 Å². The number of hydrogen-bond donors (Lipinski definition) is 1. The predicted molar refractivity (Wildman–Crippen MR) is 82.6 cm³/mol. The van der Waals surface area contributed by atoms with Crippen molar-refractivity contribution in [1.29, 1.82) is 0 Å². The Labute approximate surface area is 118 Å². The van der Waals surface area contributed by atoms with Gasteiger partial charge in [0.05, 0.1) is 0 Å². The smallest absolute Gasteiger partial charge is 0.0449 e. The molecular formula is C17H28N2. The highest BCUT2D eigenvalue weighted by Crippen LogP contribution is 2.20. The molecule has 19 heavy (non-hydrogen) atoms. The lowest BCUT2D eigenvalue weighted by molar-refractivity contribution is 0.292. The van der Waals surface area contributed by atoms with E-state index in [1.54, 1.807) is 0 Å². The fraction of sp³-hybridized carbons (Fsp3) is 0.647. The van der Waals surface area contributed by atoms with Gasteiger partial charge in [-0.2, -0.15) is 0 Å². The summed E-state index contributed by atoms with van der Waals surface area (Å²) in [6.07, 6.45) is 3.93. The van der Waals surface area contributed by atoms with Crippen LogP contribution >= 0.6 is 0 Å². The maximum atomic E-state index is 3.72. The summed E-state index contributed by atoms with van der Waals surface area (Å²) in [5.74, 6) is 0. The van der Waals surface area contributed by atoms with E-state index in [0.717, 1.165) is 13.1 Å². The quantitative estimate of drug-likeness (QED) is 0.843. The zero-order valence-corrected chi connectivity index (χ0v) is 12.7. The molecule has 1 aliphatic rings. The SMILES string of the molecule is CCCNC(CN1CCCC1)c1ccc(C)c(C)c1. The third-order valence-electron chi connectivity index (χ3n) is 4.21. The maximum absolute atomic E-state index is 3.72. The number of nitrogens with one attached hydrogen (secondary N) is 1. The average Bonchev–Trinajstić information content (AvgIpc) is 2.91. The average molecular weight is 260 g/mol. The lowest BCUT2D eigenvalue weighted by Crippen LogP contribution is -2.34. The minimum absolute atomic E-state index is 0.484. The zero-order valence-electron chi connectivity index (χ0n) is 12.7. The van der Waals surface area contributed by atoms with Gasteiger partial charge >= 0.3 is 0 Å². The highest BCUT2D eigenvalue weighted by molar-refractivity contribution is 5.32. The minimum atomic E-state index is 0.484. The highest BCUT2D eigenvalue weighted by Gasteiger charge is 2.18. The Kier molecular flexibility index (Phi) is 5.41. The van der Waals surface area contributed by atoms with Gasteiger partial charge in [0.2, 0.25) is 0 Å². The third-order valence-corrected chi connectivity index (χ3v) is 4.21. The van der Waals surface area contributed by atoms with Crippen LogP contribution in [0.4, 0.5) is 0 Å². The summed E-state index contributed by atoms with van der Waals surface area (Å²) in [6.45, 7) is 11.4. The fourth-order valence-corrected chi connectivity index (χ4v) is 2.81. The number of benzene rings is 1. The van der Waals surface area contributed by atoms with E-state index in [2.05, 4.69) is 49.2 Å². The van der Waals surface area contributed by atoms with Crippen molar-refractivity contribution in [3.8, 4) is 0 Å². The van der Waals surface area contributed by atoms with Gasteiger partial charge in [0.15, 0.2) is 0 Å². The molecule has 1 unspecified atom stereocenters. The molecule has 1 atom stereocenters. The van der Waals surface area contributed by atoms with E-state index in [1.807, 2.05) is 0 Å². The van der Waals surface area contributed by atoms with Gasteiger partial charge in [-0.1, -0.05) is 25.1 Å². The van der Waals surface area contributed by atoms with Gasteiger partial charge in [0.1, 0.15) is 0 Å². The molecule has 0 saturated carbocycles. The molecule has 2 heteroatoms. The molecule has 1 aromatic rings. The van der Waals surface area contributed by atoms with Crippen LogP contribution in [-0.2, 0) is 0 Å². The summed E-state index contributed by atoms with van der Waals surface area (Å²) in [5, 5.41) is 3.72. The molecule has 2 nitrogen and oxygen atoms in total. The van der Waals surface area contributed by atoms with Gasteiger partial charge in [-0.05, 0) is 69.4 Å². The molecule has 0 amide bonds. The van der Waals surface area contributed by atoms with Crippen molar-refractivity contribution in [2.45, 2.75) is 46.1 Å². The molecule has 1 N–H and O–H groups in total. The molecule has 0 aromatic heterocycles. The van der Waals surface area contributed by atoms with Crippen LogP contribution in [0.5, 0.6) is 0 Å². The van der Waals surface area contributed by atoms with Crippen molar-refractivity contribution in [2.75, 3.05) is 26.2 Å². The normalized spacial score (nSPS) is 17.8. The van der Waals surface area contributed by atoms with Crippen molar-refractivity contribution < 1.29 is 0 Å². The Balaban J connectivity index is 2.08. The molecule has 2 rings (SSSR count). The van der Waals surface area contributed by atoms with Crippen LogP contribution in [0.2, 0.25) is 0 Å². The van der Waals surface area contributed by atoms with E-state index in [1.165, 1.54) is 49.0 Å². The monoisotopic (exact) mass is 260 g/mol. The van der Waals surface area contributed by atoms with Crippen LogP contribution in [-0.4, -0.2) is 31.1 Å². The Morgan fingerprint density at radius 1 is 1.16 bits per heavy atom. The van der Waals surface area contributed by atoms with E-state index in [9.17, 15) is 0 Å². The van der Waals surface area contributed by atoms with Gasteiger partial charge in [0, 0.05) is 12.6 Å². The van der Waals surface area contributed by atoms with E-state index >= 15 is 0 Å². The van der Waals surface area contributed by atoms with Gasteiger partial charge < -0.3 is 10.2 Å². The number of likely N-dealkylation sites (tertiary alicyclic amines) is 1. The molecular weight excluding hydrogens is 232 g/mol. The molecule has 1 heterocycles. The van der Waals surface area contributed by atoms with Crippen molar-refractivity contribution in [3.63, 3.8) is 0 Å².